The summed E-state index contributed by atoms with van der Waals surface area (Å²) in [5.74, 6) is -0.613. The summed E-state index contributed by atoms with van der Waals surface area (Å²) in [6.07, 6.45) is 0.198. The maximum Gasteiger partial charge on any atom is 1.00 e. The van der Waals surface area contributed by atoms with Gasteiger partial charge in [0, 0.05) is 5.11 Å². The van der Waals surface area contributed by atoms with Gasteiger partial charge in [-0.1, -0.05) is 11.8 Å². The summed E-state index contributed by atoms with van der Waals surface area (Å²) in [7, 11) is 0. The number of hydrogen-bond donors (Lipinski definition) is 1. The van der Waals surface area contributed by atoms with Crippen molar-refractivity contribution in [3.8, 4) is 0 Å². The van der Waals surface area contributed by atoms with E-state index in [1.165, 1.54) is 11.8 Å². The standard InChI is InChI=1S/C5H5N6O3S.Na.H2O/c1-15-5-6-4-8-7-2(11(13)14)3(12)10(4)9-5;;/h3,12H,1H3;;1H2/q-1;+1;. The van der Waals surface area contributed by atoms with Gasteiger partial charge in [-0.3, -0.25) is 4.90 Å². The van der Waals surface area contributed by atoms with Gasteiger partial charge in [0.05, 0.1) is 5.11 Å². The molecule has 0 fully saturated rings. The smallest absolute Gasteiger partial charge is 0.712 e. The molecule has 0 spiro atoms. The zero-order chi connectivity index (χ0) is 11.0. The molecule has 0 saturated heterocycles. The van der Waals surface area contributed by atoms with Gasteiger partial charge in [0.15, 0.2) is 0 Å². The van der Waals surface area contributed by atoms with Gasteiger partial charge in [-0.25, -0.2) is 0 Å². The third-order valence-electron chi connectivity index (χ3n) is 1.67. The van der Waals surface area contributed by atoms with Crippen LogP contribution < -0.4 is 29.6 Å². The Morgan fingerprint density at radius 1 is 1.41 bits per heavy atom. The van der Waals surface area contributed by atoms with E-state index in [0.29, 0.717) is 5.16 Å². The monoisotopic (exact) mass is 270 g/mol. The van der Waals surface area contributed by atoms with Crippen LogP contribution >= 0.6 is 11.8 Å². The fraction of sp³-hybridized carbons (Fsp3) is 0.400. The van der Waals surface area contributed by atoms with Gasteiger partial charge in [-0.15, -0.1) is 5.10 Å². The average Bonchev–Trinajstić information content (AvgIpc) is 2.61. The summed E-state index contributed by atoms with van der Waals surface area (Å²) < 4.78 is 0.955. The van der Waals surface area contributed by atoms with E-state index in [0.717, 1.165) is 4.68 Å². The number of hydrogen-bond acceptors (Lipinski definition) is 7. The number of rotatable bonds is 1. The van der Waals surface area contributed by atoms with Crippen molar-refractivity contribution in [3.05, 3.63) is 10.4 Å². The van der Waals surface area contributed by atoms with Crippen LogP contribution in [0.25, 0.3) is 0 Å². The van der Waals surface area contributed by atoms with Crippen molar-refractivity contribution in [2.75, 3.05) is 6.26 Å². The van der Waals surface area contributed by atoms with E-state index in [-0.39, 0.29) is 41.0 Å². The van der Waals surface area contributed by atoms with Crippen LogP contribution in [0, 0.1) is 10.4 Å². The van der Waals surface area contributed by atoms with E-state index >= 15 is 0 Å². The maximum absolute atomic E-state index is 10.4. The van der Waals surface area contributed by atoms with Crippen LogP contribution in [0.3, 0.4) is 0 Å². The normalized spacial score (nSPS) is 16.8. The molecule has 1 aromatic rings. The Kier molecular flexibility index (Phi) is 6.01. The Hall–Kier alpha value is -0.720. The number of aliphatic hydroxyl groups is 1. The van der Waals surface area contributed by atoms with Crippen LogP contribution in [0.5, 0.6) is 0 Å². The molecule has 3 N–H and O–H groups in total. The molecular formula is C5H7N6NaO4S. The van der Waals surface area contributed by atoms with Gasteiger partial charge in [0.1, 0.15) is 0 Å². The minimum atomic E-state index is -1.54. The van der Waals surface area contributed by atoms with Crippen molar-refractivity contribution >= 4 is 23.5 Å². The van der Waals surface area contributed by atoms with Crippen LogP contribution in [-0.4, -0.2) is 42.3 Å². The largest absolute Gasteiger partial charge is 1.00 e. The minimum absolute atomic E-state index is 0. The molecule has 12 heteroatoms. The summed E-state index contributed by atoms with van der Waals surface area (Å²) >= 11 is 1.24. The number of amidine groups is 1. The second-order valence-corrected chi connectivity index (χ2v) is 3.31. The van der Waals surface area contributed by atoms with Crippen molar-refractivity contribution in [3.63, 3.8) is 0 Å². The first-order chi connectivity index (χ1) is 7.13. The van der Waals surface area contributed by atoms with Crippen molar-refractivity contribution in [2.45, 2.75) is 11.4 Å². The van der Waals surface area contributed by atoms with Crippen LogP contribution in [-0.2, 0) is 0 Å². The first-order valence-corrected chi connectivity index (χ1v) is 4.97. The van der Waals surface area contributed by atoms with Crippen LogP contribution in [0.1, 0.15) is 6.23 Å². The van der Waals surface area contributed by atoms with Gasteiger partial charge in [-0.2, -0.15) is 9.67 Å². The molecule has 2 heterocycles. The molecular weight excluding hydrogens is 263 g/mol. The number of aliphatic hydroxyl groups excluding tert-OH is 1. The molecule has 10 nitrogen and oxygen atoms in total. The van der Waals surface area contributed by atoms with E-state index in [9.17, 15) is 15.5 Å². The Morgan fingerprint density at radius 2 is 2.06 bits per heavy atom. The number of aromatic nitrogens is 3. The molecule has 0 saturated carbocycles. The molecule has 1 atom stereocenters. The van der Waals surface area contributed by atoms with E-state index in [2.05, 4.69) is 20.3 Å². The predicted molar refractivity (Wildman–Crippen MR) is 53.2 cm³/mol. The molecule has 0 bridgehead atoms. The predicted octanol–water partition coefficient (Wildman–Crippen LogP) is -3.83. The summed E-state index contributed by atoms with van der Waals surface area (Å²) in [5.41, 5.74) is 0. The van der Waals surface area contributed by atoms with Crippen LogP contribution in [0.4, 0.5) is 5.95 Å². The molecule has 0 amide bonds. The van der Waals surface area contributed by atoms with E-state index < -0.39 is 17.0 Å². The molecule has 1 aromatic heterocycles. The van der Waals surface area contributed by atoms with Gasteiger partial charge in [0.2, 0.25) is 5.16 Å². The average molecular weight is 270 g/mol. The fourth-order valence-electron chi connectivity index (χ4n) is 1.00. The number of thioether (sulfide) groups is 1. The van der Waals surface area contributed by atoms with Crippen LogP contribution in [0.15, 0.2) is 15.4 Å². The zero-order valence-electron chi connectivity index (χ0n) is 8.93. The maximum atomic E-state index is 10.4. The molecule has 1 aliphatic rings. The summed E-state index contributed by atoms with van der Waals surface area (Å²) in [4.78, 5) is 3.06. The second kappa shape index (κ2) is 6.28. The zero-order valence-corrected chi connectivity index (χ0v) is 11.7. The van der Waals surface area contributed by atoms with Crippen molar-refractivity contribution in [1.82, 2.24) is 14.8 Å². The Balaban J connectivity index is 0.00000128. The summed E-state index contributed by atoms with van der Waals surface area (Å²) in [6, 6.07) is 0. The Labute approximate surface area is 121 Å². The quantitative estimate of drug-likeness (QED) is 0.238. The molecule has 17 heavy (non-hydrogen) atoms. The summed E-state index contributed by atoms with van der Waals surface area (Å²) in [5, 5.41) is 41.3. The van der Waals surface area contributed by atoms with E-state index in [1.54, 1.807) is 6.26 Å². The molecule has 1 aliphatic heterocycles. The van der Waals surface area contributed by atoms with Gasteiger partial charge < -0.3 is 21.0 Å². The first-order valence-electron chi connectivity index (χ1n) is 3.75. The van der Waals surface area contributed by atoms with Crippen molar-refractivity contribution in [2.24, 2.45) is 10.2 Å². The third-order valence-corrected chi connectivity index (χ3v) is 2.21. The summed E-state index contributed by atoms with van der Waals surface area (Å²) in [6.45, 7) is 0. The van der Waals surface area contributed by atoms with Gasteiger partial charge in [0.25, 0.3) is 12.2 Å². The fourth-order valence-corrected chi connectivity index (χ4v) is 1.35. The molecule has 2 rings (SSSR count). The van der Waals surface area contributed by atoms with E-state index in [4.69, 9.17) is 0 Å². The minimum Gasteiger partial charge on any atom is -0.712 e. The molecule has 0 aromatic carbocycles. The first kappa shape index (κ1) is 16.3. The Morgan fingerprint density at radius 3 is 2.59 bits per heavy atom. The number of azo groups is 1. The van der Waals surface area contributed by atoms with Crippen molar-refractivity contribution < 1.29 is 45.0 Å². The number of fused-ring (bicyclic) bond motifs is 1. The number of nitrogens with zero attached hydrogens (tertiary/aromatic N) is 6. The van der Waals surface area contributed by atoms with E-state index in [1.807, 2.05) is 0 Å². The third kappa shape index (κ3) is 2.94. The molecule has 0 aliphatic carbocycles. The van der Waals surface area contributed by atoms with Gasteiger partial charge in [-0.05, 0) is 6.26 Å². The molecule has 88 valence electrons. The Bertz CT molecular complexity index is 457. The van der Waals surface area contributed by atoms with Crippen molar-refractivity contribution in [1.29, 1.82) is 0 Å². The van der Waals surface area contributed by atoms with Gasteiger partial charge >= 0.3 is 35.4 Å². The molecule has 1 unspecified atom stereocenters. The molecule has 0 radical (unpaired) electrons. The SMILES string of the molecule is CSc1nc2n(n1)C(O)C(=[N+]([O-])[O-])N=N2.O.[Na+]. The topological polar surface area (TPSA) is 156 Å². The van der Waals surface area contributed by atoms with Crippen LogP contribution in [0.2, 0.25) is 0 Å². The second-order valence-electron chi connectivity index (χ2n) is 2.53.